The largest absolute Gasteiger partial charge is 0.316 e. The summed E-state index contributed by atoms with van der Waals surface area (Å²) in [6.45, 7) is 9.85. The highest BCUT2D eigenvalue weighted by Gasteiger charge is 2.30. The van der Waals surface area contributed by atoms with Gasteiger partial charge in [0, 0.05) is 12.6 Å². The maximum atomic E-state index is 3.59. The van der Waals surface area contributed by atoms with Crippen LogP contribution >= 0.6 is 0 Å². The first-order valence-corrected chi connectivity index (χ1v) is 8.26. The summed E-state index contributed by atoms with van der Waals surface area (Å²) in [7, 11) is 0. The molecule has 2 fully saturated rings. The molecule has 2 unspecified atom stereocenters. The first-order chi connectivity index (χ1) is 8.81. The SMILES string of the molecule is CCCNCC1CCN(C(C)C2CCCCC2)C1. The number of hydrogen-bond donors (Lipinski definition) is 1. The lowest BCUT2D eigenvalue weighted by Crippen LogP contribution is -2.38. The predicted molar refractivity (Wildman–Crippen MR) is 78.9 cm³/mol. The molecule has 1 saturated carbocycles. The summed E-state index contributed by atoms with van der Waals surface area (Å²) in [6, 6.07) is 0.835. The molecule has 106 valence electrons. The molecule has 1 saturated heterocycles. The quantitative estimate of drug-likeness (QED) is 0.730. The van der Waals surface area contributed by atoms with Crippen LogP contribution in [0.25, 0.3) is 0 Å². The molecule has 2 rings (SSSR count). The van der Waals surface area contributed by atoms with E-state index in [1.165, 1.54) is 71.1 Å². The second-order valence-electron chi connectivity index (χ2n) is 6.49. The third kappa shape index (κ3) is 3.96. The minimum atomic E-state index is 0.835. The van der Waals surface area contributed by atoms with Crippen LogP contribution in [0.1, 0.15) is 58.8 Å². The van der Waals surface area contributed by atoms with Gasteiger partial charge in [-0.3, -0.25) is 0 Å². The summed E-state index contributed by atoms with van der Waals surface area (Å²) in [6.07, 6.45) is 10.1. The third-order valence-electron chi connectivity index (χ3n) is 5.09. The Morgan fingerprint density at radius 1 is 1.17 bits per heavy atom. The van der Waals surface area contributed by atoms with Crippen LogP contribution < -0.4 is 5.32 Å². The summed E-state index contributed by atoms with van der Waals surface area (Å²) >= 11 is 0. The van der Waals surface area contributed by atoms with Gasteiger partial charge >= 0.3 is 0 Å². The van der Waals surface area contributed by atoms with Gasteiger partial charge < -0.3 is 10.2 Å². The Balaban J connectivity index is 1.70. The van der Waals surface area contributed by atoms with Crippen LogP contribution in [0.4, 0.5) is 0 Å². The lowest BCUT2D eigenvalue weighted by atomic mass is 9.84. The van der Waals surface area contributed by atoms with Crippen molar-refractivity contribution in [2.24, 2.45) is 11.8 Å². The van der Waals surface area contributed by atoms with Gasteiger partial charge in [0.2, 0.25) is 0 Å². The van der Waals surface area contributed by atoms with Crippen molar-refractivity contribution in [3.63, 3.8) is 0 Å². The first-order valence-electron chi connectivity index (χ1n) is 8.26. The van der Waals surface area contributed by atoms with Gasteiger partial charge in [-0.2, -0.15) is 0 Å². The van der Waals surface area contributed by atoms with Crippen LogP contribution in [0, 0.1) is 11.8 Å². The molecule has 2 nitrogen and oxygen atoms in total. The Hall–Kier alpha value is -0.0800. The van der Waals surface area contributed by atoms with Crippen molar-refractivity contribution in [3.8, 4) is 0 Å². The van der Waals surface area contributed by atoms with Crippen molar-refractivity contribution < 1.29 is 0 Å². The fourth-order valence-corrected chi connectivity index (χ4v) is 3.80. The number of hydrogen-bond acceptors (Lipinski definition) is 2. The van der Waals surface area contributed by atoms with Crippen LogP contribution in [0.2, 0.25) is 0 Å². The average Bonchev–Trinajstić information content (AvgIpc) is 2.88. The van der Waals surface area contributed by atoms with Crippen molar-refractivity contribution in [3.05, 3.63) is 0 Å². The Morgan fingerprint density at radius 3 is 2.67 bits per heavy atom. The maximum Gasteiger partial charge on any atom is 0.00953 e. The number of nitrogens with one attached hydrogen (secondary N) is 1. The molecule has 1 aliphatic carbocycles. The molecular formula is C16H32N2. The Labute approximate surface area is 114 Å². The summed E-state index contributed by atoms with van der Waals surface area (Å²) in [5, 5.41) is 3.59. The molecule has 2 heteroatoms. The van der Waals surface area contributed by atoms with E-state index in [9.17, 15) is 0 Å². The molecule has 1 N–H and O–H groups in total. The van der Waals surface area contributed by atoms with Gasteiger partial charge in [-0.05, 0) is 64.1 Å². The highest BCUT2D eigenvalue weighted by atomic mass is 15.2. The predicted octanol–water partition coefficient (Wildman–Crippen LogP) is 3.28. The number of nitrogens with zero attached hydrogens (tertiary/aromatic N) is 1. The zero-order chi connectivity index (χ0) is 12.8. The summed E-state index contributed by atoms with van der Waals surface area (Å²) < 4.78 is 0. The van der Waals surface area contributed by atoms with E-state index in [1.807, 2.05) is 0 Å². The highest BCUT2D eigenvalue weighted by Crippen LogP contribution is 2.31. The van der Waals surface area contributed by atoms with E-state index in [1.54, 1.807) is 0 Å². The van der Waals surface area contributed by atoms with Gasteiger partial charge in [-0.15, -0.1) is 0 Å². The molecule has 0 aromatic carbocycles. The molecule has 2 aliphatic rings. The molecule has 1 aliphatic heterocycles. The van der Waals surface area contributed by atoms with Crippen molar-refractivity contribution >= 4 is 0 Å². The van der Waals surface area contributed by atoms with Crippen molar-refractivity contribution in [1.29, 1.82) is 0 Å². The van der Waals surface area contributed by atoms with Gasteiger partial charge in [-0.25, -0.2) is 0 Å². The fraction of sp³-hybridized carbons (Fsp3) is 1.00. The van der Waals surface area contributed by atoms with E-state index in [2.05, 4.69) is 24.1 Å². The Morgan fingerprint density at radius 2 is 1.94 bits per heavy atom. The van der Waals surface area contributed by atoms with Gasteiger partial charge in [0.15, 0.2) is 0 Å². The van der Waals surface area contributed by atoms with Gasteiger partial charge in [0.25, 0.3) is 0 Å². The van der Waals surface area contributed by atoms with E-state index in [-0.39, 0.29) is 0 Å². The molecule has 2 atom stereocenters. The van der Waals surface area contributed by atoms with E-state index in [0.717, 1.165) is 17.9 Å². The van der Waals surface area contributed by atoms with Gasteiger partial charge in [0.1, 0.15) is 0 Å². The Kier molecular flexibility index (Phi) is 5.97. The molecule has 1 heterocycles. The molecule has 0 bridgehead atoms. The molecule has 0 spiro atoms. The van der Waals surface area contributed by atoms with E-state index in [4.69, 9.17) is 0 Å². The topological polar surface area (TPSA) is 15.3 Å². The molecule has 18 heavy (non-hydrogen) atoms. The average molecular weight is 252 g/mol. The second kappa shape index (κ2) is 7.49. The summed E-state index contributed by atoms with van der Waals surface area (Å²) in [5.74, 6) is 1.89. The summed E-state index contributed by atoms with van der Waals surface area (Å²) in [4.78, 5) is 2.77. The van der Waals surface area contributed by atoms with Gasteiger partial charge in [-0.1, -0.05) is 26.2 Å². The molecular weight excluding hydrogens is 220 g/mol. The normalized spacial score (nSPS) is 28.7. The van der Waals surface area contributed by atoms with Crippen molar-refractivity contribution in [1.82, 2.24) is 10.2 Å². The summed E-state index contributed by atoms with van der Waals surface area (Å²) in [5.41, 5.74) is 0. The van der Waals surface area contributed by atoms with E-state index < -0.39 is 0 Å². The highest BCUT2D eigenvalue weighted by molar-refractivity contribution is 4.85. The minimum absolute atomic E-state index is 0.835. The number of rotatable bonds is 6. The fourth-order valence-electron chi connectivity index (χ4n) is 3.80. The van der Waals surface area contributed by atoms with E-state index >= 15 is 0 Å². The van der Waals surface area contributed by atoms with Crippen LogP contribution in [-0.4, -0.2) is 37.1 Å². The molecule has 0 radical (unpaired) electrons. The molecule has 0 amide bonds. The van der Waals surface area contributed by atoms with Crippen LogP contribution in [0.3, 0.4) is 0 Å². The Bertz CT molecular complexity index is 223. The van der Waals surface area contributed by atoms with E-state index in [0.29, 0.717) is 0 Å². The van der Waals surface area contributed by atoms with Crippen molar-refractivity contribution in [2.45, 2.75) is 64.8 Å². The molecule has 0 aromatic rings. The van der Waals surface area contributed by atoms with Crippen LogP contribution in [0.5, 0.6) is 0 Å². The zero-order valence-electron chi connectivity index (χ0n) is 12.5. The minimum Gasteiger partial charge on any atom is -0.316 e. The lowest BCUT2D eigenvalue weighted by molar-refractivity contribution is 0.152. The van der Waals surface area contributed by atoms with Crippen molar-refractivity contribution in [2.75, 3.05) is 26.2 Å². The maximum absolute atomic E-state index is 3.59. The zero-order valence-corrected chi connectivity index (χ0v) is 12.5. The third-order valence-corrected chi connectivity index (χ3v) is 5.09. The smallest absolute Gasteiger partial charge is 0.00953 e. The van der Waals surface area contributed by atoms with Crippen LogP contribution in [0.15, 0.2) is 0 Å². The standard InChI is InChI=1S/C16H32N2/c1-3-10-17-12-15-9-11-18(13-15)14(2)16-7-5-4-6-8-16/h14-17H,3-13H2,1-2H3. The second-order valence-corrected chi connectivity index (χ2v) is 6.49. The molecule has 0 aromatic heterocycles. The lowest BCUT2D eigenvalue weighted by Gasteiger charge is -2.34. The van der Waals surface area contributed by atoms with Gasteiger partial charge in [0.05, 0.1) is 0 Å². The monoisotopic (exact) mass is 252 g/mol. The number of likely N-dealkylation sites (tertiary alicyclic amines) is 1. The first kappa shape index (κ1) is 14.3. The van der Waals surface area contributed by atoms with Crippen LogP contribution in [-0.2, 0) is 0 Å².